The summed E-state index contributed by atoms with van der Waals surface area (Å²) in [6.45, 7) is 6.65. The molecule has 1 aromatic carbocycles. The Kier molecular flexibility index (Phi) is 3.73. The standard InChI is InChI=1S/C14H19BrO3S/c1-9(19(4,16)17)13(15)10-5-6-12-11(7-10)14(2,3)8-18-12/h5-7,9,13H,8H2,1-4H3. The van der Waals surface area contributed by atoms with E-state index in [1.807, 2.05) is 12.1 Å². The van der Waals surface area contributed by atoms with Crippen LogP contribution in [0.5, 0.6) is 5.75 Å². The van der Waals surface area contributed by atoms with E-state index >= 15 is 0 Å². The molecule has 0 N–H and O–H groups in total. The fourth-order valence-electron chi connectivity index (χ4n) is 2.20. The number of benzene rings is 1. The Morgan fingerprint density at radius 2 is 2.00 bits per heavy atom. The maximum atomic E-state index is 11.7. The predicted molar refractivity (Wildman–Crippen MR) is 80.9 cm³/mol. The fourth-order valence-corrected chi connectivity index (χ4v) is 4.25. The summed E-state index contributed by atoms with van der Waals surface area (Å²) in [5, 5.41) is -0.462. The van der Waals surface area contributed by atoms with E-state index in [1.54, 1.807) is 6.92 Å². The molecule has 0 radical (unpaired) electrons. The second-order valence-electron chi connectivity index (χ2n) is 5.86. The first-order chi connectivity index (χ1) is 8.63. The molecular weight excluding hydrogens is 328 g/mol. The van der Waals surface area contributed by atoms with E-state index in [0.29, 0.717) is 6.61 Å². The number of sulfone groups is 1. The van der Waals surface area contributed by atoms with Crippen LogP contribution in [-0.4, -0.2) is 26.5 Å². The summed E-state index contributed by atoms with van der Waals surface area (Å²) in [4.78, 5) is -0.204. The van der Waals surface area contributed by atoms with Crippen molar-refractivity contribution in [2.75, 3.05) is 12.9 Å². The quantitative estimate of drug-likeness (QED) is 0.789. The lowest BCUT2D eigenvalue weighted by Gasteiger charge is -2.20. The van der Waals surface area contributed by atoms with E-state index in [1.165, 1.54) is 6.26 Å². The summed E-state index contributed by atoms with van der Waals surface area (Å²) >= 11 is 3.51. The smallest absolute Gasteiger partial charge is 0.151 e. The van der Waals surface area contributed by atoms with Crippen LogP contribution in [0.3, 0.4) is 0 Å². The summed E-state index contributed by atoms with van der Waals surface area (Å²) in [5.74, 6) is 0.903. The lowest BCUT2D eigenvalue weighted by molar-refractivity contribution is 0.291. The Hall–Kier alpha value is -0.550. The average Bonchev–Trinajstić information content (AvgIpc) is 2.62. The van der Waals surface area contributed by atoms with Gasteiger partial charge in [0.2, 0.25) is 0 Å². The van der Waals surface area contributed by atoms with Crippen LogP contribution in [0.25, 0.3) is 0 Å². The van der Waals surface area contributed by atoms with Gasteiger partial charge < -0.3 is 4.74 Å². The maximum absolute atomic E-state index is 11.7. The van der Waals surface area contributed by atoms with Gasteiger partial charge in [-0.05, 0) is 18.6 Å². The van der Waals surface area contributed by atoms with Crippen LogP contribution in [0.4, 0.5) is 0 Å². The summed E-state index contributed by atoms with van der Waals surface area (Å²) in [6.07, 6.45) is 1.27. The fraction of sp³-hybridized carbons (Fsp3) is 0.571. The largest absolute Gasteiger partial charge is 0.492 e. The van der Waals surface area contributed by atoms with Crippen LogP contribution in [0, 0.1) is 0 Å². The summed E-state index contributed by atoms with van der Waals surface area (Å²) in [7, 11) is -3.07. The highest BCUT2D eigenvalue weighted by Gasteiger charge is 2.33. The first-order valence-electron chi connectivity index (χ1n) is 6.23. The molecule has 1 heterocycles. The Morgan fingerprint density at radius 3 is 2.58 bits per heavy atom. The van der Waals surface area contributed by atoms with Crippen LogP contribution in [0.1, 0.15) is 36.7 Å². The first kappa shape index (κ1) is 14.9. The third-order valence-electron chi connectivity index (χ3n) is 3.73. The molecule has 5 heteroatoms. The van der Waals surface area contributed by atoms with Gasteiger partial charge in [0.05, 0.1) is 16.7 Å². The van der Waals surface area contributed by atoms with Crippen molar-refractivity contribution in [3.8, 4) is 5.75 Å². The first-order valence-corrected chi connectivity index (χ1v) is 9.10. The molecule has 0 saturated heterocycles. The maximum Gasteiger partial charge on any atom is 0.151 e. The van der Waals surface area contributed by atoms with Gasteiger partial charge in [-0.25, -0.2) is 8.42 Å². The van der Waals surface area contributed by atoms with Gasteiger partial charge >= 0.3 is 0 Å². The third-order valence-corrected chi connectivity index (χ3v) is 7.02. The lowest BCUT2D eigenvalue weighted by atomic mass is 9.86. The Balaban J connectivity index is 2.38. The highest BCUT2D eigenvalue weighted by atomic mass is 79.9. The van der Waals surface area contributed by atoms with Crippen LogP contribution in [0.2, 0.25) is 0 Å². The molecule has 0 saturated carbocycles. The molecule has 1 aromatic rings. The van der Waals surface area contributed by atoms with Gasteiger partial charge in [0, 0.05) is 17.2 Å². The van der Waals surface area contributed by atoms with Crippen LogP contribution >= 0.6 is 15.9 Å². The van der Waals surface area contributed by atoms with Crippen molar-refractivity contribution in [3.05, 3.63) is 29.3 Å². The minimum Gasteiger partial charge on any atom is -0.492 e. The SMILES string of the molecule is CC(C(Br)c1ccc2c(c1)C(C)(C)CO2)S(C)(=O)=O. The van der Waals surface area contributed by atoms with Crippen molar-refractivity contribution in [3.63, 3.8) is 0 Å². The zero-order valence-electron chi connectivity index (χ0n) is 11.6. The number of hydrogen-bond donors (Lipinski definition) is 0. The minimum absolute atomic E-state index is 0.0214. The molecule has 3 nitrogen and oxygen atoms in total. The van der Waals surface area contributed by atoms with Gasteiger partial charge in [-0.1, -0.05) is 41.9 Å². The molecule has 1 aliphatic rings. The summed E-state index contributed by atoms with van der Waals surface area (Å²) in [5.41, 5.74) is 2.11. The topological polar surface area (TPSA) is 43.4 Å². The Labute approximate surface area is 123 Å². The minimum atomic E-state index is -3.07. The van der Waals surface area contributed by atoms with E-state index in [0.717, 1.165) is 16.9 Å². The number of hydrogen-bond acceptors (Lipinski definition) is 3. The second kappa shape index (κ2) is 4.77. The average molecular weight is 347 g/mol. The Bertz CT molecular complexity index is 593. The van der Waals surface area contributed by atoms with Crippen LogP contribution in [0.15, 0.2) is 18.2 Å². The second-order valence-corrected chi connectivity index (χ2v) is 9.25. The molecule has 2 unspecified atom stereocenters. The summed E-state index contributed by atoms with van der Waals surface area (Å²) < 4.78 is 28.9. The number of ether oxygens (including phenoxy) is 1. The number of halogens is 1. The van der Waals surface area contributed by atoms with Gasteiger partial charge in [0.1, 0.15) is 5.75 Å². The molecule has 106 valence electrons. The normalized spacial score (nSPS) is 20.5. The van der Waals surface area contributed by atoms with Crippen molar-refractivity contribution < 1.29 is 13.2 Å². The molecule has 0 aliphatic carbocycles. The Morgan fingerprint density at radius 1 is 1.37 bits per heavy atom. The zero-order chi connectivity index (χ0) is 14.4. The van der Waals surface area contributed by atoms with E-state index < -0.39 is 15.1 Å². The highest BCUT2D eigenvalue weighted by molar-refractivity contribution is 9.09. The van der Waals surface area contributed by atoms with Crippen molar-refractivity contribution in [2.45, 2.75) is 36.3 Å². The summed E-state index contributed by atoms with van der Waals surface area (Å²) in [6, 6.07) is 5.92. The molecule has 2 rings (SSSR count). The molecule has 1 aliphatic heterocycles. The van der Waals surface area contributed by atoms with E-state index in [9.17, 15) is 8.42 Å². The van der Waals surface area contributed by atoms with Gasteiger partial charge in [0.15, 0.2) is 9.84 Å². The number of alkyl halides is 1. The highest BCUT2D eigenvalue weighted by Crippen LogP contribution is 2.41. The molecule has 19 heavy (non-hydrogen) atoms. The van der Waals surface area contributed by atoms with E-state index in [2.05, 4.69) is 35.8 Å². The van der Waals surface area contributed by atoms with Crippen molar-refractivity contribution in [1.29, 1.82) is 0 Å². The van der Waals surface area contributed by atoms with Crippen molar-refractivity contribution in [1.82, 2.24) is 0 Å². The monoisotopic (exact) mass is 346 g/mol. The van der Waals surface area contributed by atoms with Crippen molar-refractivity contribution >= 4 is 25.8 Å². The van der Waals surface area contributed by atoms with E-state index in [-0.39, 0.29) is 10.2 Å². The molecular formula is C14H19BrO3S. The van der Waals surface area contributed by atoms with Gasteiger partial charge in [-0.2, -0.15) is 0 Å². The van der Waals surface area contributed by atoms with Gasteiger partial charge in [0.25, 0.3) is 0 Å². The molecule has 0 amide bonds. The van der Waals surface area contributed by atoms with E-state index in [4.69, 9.17) is 4.74 Å². The third kappa shape index (κ3) is 2.82. The predicted octanol–water partition coefficient (Wildman–Crippen LogP) is 3.23. The lowest BCUT2D eigenvalue weighted by Crippen LogP contribution is -2.22. The molecule has 0 spiro atoms. The van der Waals surface area contributed by atoms with Crippen LogP contribution in [-0.2, 0) is 15.3 Å². The molecule has 0 bridgehead atoms. The van der Waals surface area contributed by atoms with Gasteiger partial charge in [-0.15, -0.1) is 0 Å². The number of rotatable bonds is 3. The zero-order valence-corrected chi connectivity index (χ0v) is 14.0. The molecule has 2 atom stereocenters. The number of fused-ring (bicyclic) bond motifs is 1. The van der Waals surface area contributed by atoms with Crippen LogP contribution < -0.4 is 4.74 Å². The van der Waals surface area contributed by atoms with Gasteiger partial charge in [-0.3, -0.25) is 0 Å². The molecule has 0 fully saturated rings. The molecule has 0 aromatic heterocycles. The van der Waals surface area contributed by atoms with Crippen molar-refractivity contribution in [2.24, 2.45) is 0 Å².